The van der Waals surface area contributed by atoms with Gasteiger partial charge in [0.05, 0.1) is 17.7 Å². The van der Waals surface area contributed by atoms with Crippen molar-refractivity contribution in [2.45, 2.75) is 18.9 Å². The minimum absolute atomic E-state index is 0.110. The van der Waals surface area contributed by atoms with Crippen LogP contribution in [0.1, 0.15) is 28.8 Å². The highest BCUT2D eigenvalue weighted by atomic mass is 16.3. The lowest BCUT2D eigenvalue weighted by molar-refractivity contribution is 0.0474. The summed E-state index contributed by atoms with van der Waals surface area (Å²) in [5.74, 6) is -0.110. The van der Waals surface area contributed by atoms with Gasteiger partial charge >= 0.3 is 0 Å². The van der Waals surface area contributed by atoms with Crippen molar-refractivity contribution in [3.05, 3.63) is 35.4 Å². The number of nitrogens with zero attached hydrogens (tertiary/aromatic N) is 2. The van der Waals surface area contributed by atoms with E-state index >= 15 is 0 Å². The molecule has 4 heteroatoms. The number of hydrogen-bond donors (Lipinski definition) is 1. The molecule has 1 aliphatic rings. The van der Waals surface area contributed by atoms with E-state index in [-0.39, 0.29) is 5.91 Å². The van der Waals surface area contributed by atoms with E-state index in [1.54, 1.807) is 29.2 Å². The van der Waals surface area contributed by atoms with Crippen molar-refractivity contribution in [1.29, 1.82) is 5.26 Å². The van der Waals surface area contributed by atoms with Crippen molar-refractivity contribution in [3.63, 3.8) is 0 Å². The second-order valence-corrected chi connectivity index (χ2v) is 4.24. The van der Waals surface area contributed by atoms with Gasteiger partial charge in [0.15, 0.2) is 0 Å². The summed E-state index contributed by atoms with van der Waals surface area (Å²) in [6, 6.07) is 8.67. The molecule has 1 aromatic rings. The maximum atomic E-state index is 12.1. The third-order valence-electron chi connectivity index (χ3n) is 2.92. The first-order chi connectivity index (χ1) is 8.20. The standard InChI is InChI=1S/C13H14N2O2/c14-8-10-3-1-4-11(7-10)13(17)15-6-2-5-12(16)9-15/h1,3-4,7,12,16H,2,5-6,9H2. The Hall–Kier alpha value is -1.86. The minimum atomic E-state index is -0.424. The van der Waals surface area contributed by atoms with Crippen LogP contribution in [0.4, 0.5) is 0 Å². The lowest BCUT2D eigenvalue weighted by atomic mass is 10.1. The number of β-amino-alcohol motifs (C(OH)–C–C–N with tert-alkyl or cyclic N) is 1. The van der Waals surface area contributed by atoms with Gasteiger partial charge in [0.2, 0.25) is 0 Å². The third-order valence-corrected chi connectivity index (χ3v) is 2.92. The molecule has 0 aromatic heterocycles. The molecule has 0 saturated carbocycles. The predicted octanol–water partition coefficient (Wildman–Crippen LogP) is 1.16. The summed E-state index contributed by atoms with van der Waals surface area (Å²) < 4.78 is 0. The maximum Gasteiger partial charge on any atom is 0.253 e. The Labute approximate surface area is 100 Å². The third kappa shape index (κ3) is 2.63. The molecule has 1 N–H and O–H groups in total. The van der Waals surface area contributed by atoms with E-state index in [9.17, 15) is 9.90 Å². The first-order valence-electron chi connectivity index (χ1n) is 5.68. The van der Waals surface area contributed by atoms with Crippen LogP contribution in [0, 0.1) is 11.3 Å². The highest BCUT2D eigenvalue weighted by Crippen LogP contribution is 2.14. The summed E-state index contributed by atoms with van der Waals surface area (Å²) >= 11 is 0. The summed E-state index contributed by atoms with van der Waals surface area (Å²) in [4.78, 5) is 13.8. The highest BCUT2D eigenvalue weighted by Gasteiger charge is 2.22. The number of benzene rings is 1. The number of aliphatic hydroxyl groups excluding tert-OH is 1. The maximum absolute atomic E-state index is 12.1. The van der Waals surface area contributed by atoms with Crippen molar-refractivity contribution in [1.82, 2.24) is 4.90 Å². The Balaban J connectivity index is 2.16. The van der Waals surface area contributed by atoms with Gasteiger partial charge in [0.1, 0.15) is 0 Å². The Morgan fingerprint density at radius 1 is 1.53 bits per heavy atom. The Bertz CT molecular complexity index is 465. The summed E-state index contributed by atoms with van der Waals surface area (Å²) in [5, 5.41) is 18.3. The molecule has 88 valence electrons. The second-order valence-electron chi connectivity index (χ2n) is 4.24. The normalized spacial score (nSPS) is 19.8. The number of rotatable bonds is 1. The molecule has 1 amide bonds. The lowest BCUT2D eigenvalue weighted by Gasteiger charge is -2.30. The first-order valence-corrected chi connectivity index (χ1v) is 5.68. The Morgan fingerprint density at radius 2 is 2.35 bits per heavy atom. The van der Waals surface area contributed by atoms with E-state index in [1.807, 2.05) is 6.07 Å². The molecule has 2 rings (SSSR count). The van der Waals surface area contributed by atoms with Gasteiger partial charge in [-0.3, -0.25) is 4.79 Å². The van der Waals surface area contributed by atoms with E-state index in [2.05, 4.69) is 0 Å². The van der Waals surface area contributed by atoms with Gasteiger partial charge < -0.3 is 10.0 Å². The monoisotopic (exact) mass is 230 g/mol. The van der Waals surface area contributed by atoms with Crippen molar-refractivity contribution in [2.24, 2.45) is 0 Å². The van der Waals surface area contributed by atoms with Crippen LogP contribution in [0.2, 0.25) is 0 Å². The van der Waals surface area contributed by atoms with Gasteiger partial charge in [-0.15, -0.1) is 0 Å². The summed E-state index contributed by atoms with van der Waals surface area (Å²) in [6.45, 7) is 1.06. The number of aliphatic hydroxyl groups is 1. The molecular weight excluding hydrogens is 216 g/mol. The van der Waals surface area contributed by atoms with E-state index < -0.39 is 6.10 Å². The molecule has 4 nitrogen and oxygen atoms in total. The number of amides is 1. The first kappa shape index (κ1) is 11.6. The zero-order chi connectivity index (χ0) is 12.3. The van der Waals surface area contributed by atoms with E-state index in [0.29, 0.717) is 24.2 Å². The van der Waals surface area contributed by atoms with Crippen LogP contribution in [0.15, 0.2) is 24.3 Å². The molecule has 0 bridgehead atoms. The smallest absolute Gasteiger partial charge is 0.253 e. The molecule has 17 heavy (non-hydrogen) atoms. The SMILES string of the molecule is N#Cc1cccc(C(=O)N2CCCC(O)C2)c1. The molecule has 1 atom stereocenters. The van der Waals surface area contributed by atoms with Crippen molar-refractivity contribution in [2.75, 3.05) is 13.1 Å². The van der Waals surface area contributed by atoms with Gasteiger partial charge in [-0.2, -0.15) is 5.26 Å². The van der Waals surface area contributed by atoms with Crippen LogP contribution in [-0.4, -0.2) is 35.1 Å². The predicted molar refractivity (Wildman–Crippen MR) is 62.3 cm³/mol. The summed E-state index contributed by atoms with van der Waals surface area (Å²) in [6.07, 6.45) is 1.15. The second kappa shape index (κ2) is 4.98. The largest absolute Gasteiger partial charge is 0.391 e. The molecule has 1 aromatic carbocycles. The van der Waals surface area contributed by atoms with Crippen LogP contribution in [0.25, 0.3) is 0 Å². The fourth-order valence-electron chi connectivity index (χ4n) is 2.04. The minimum Gasteiger partial charge on any atom is -0.391 e. The molecule has 0 aliphatic carbocycles. The summed E-state index contributed by atoms with van der Waals surface area (Å²) in [5.41, 5.74) is 0.992. The molecule has 1 heterocycles. The summed E-state index contributed by atoms with van der Waals surface area (Å²) in [7, 11) is 0. The van der Waals surface area contributed by atoms with Crippen molar-refractivity contribution < 1.29 is 9.90 Å². The Kier molecular flexibility index (Phi) is 3.40. The van der Waals surface area contributed by atoms with Crippen LogP contribution in [0.3, 0.4) is 0 Å². The fraction of sp³-hybridized carbons (Fsp3) is 0.385. The zero-order valence-electron chi connectivity index (χ0n) is 9.47. The number of carbonyl (C=O) groups is 1. The van der Waals surface area contributed by atoms with Crippen molar-refractivity contribution >= 4 is 5.91 Å². The van der Waals surface area contributed by atoms with Gasteiger partial charge in [0.25, 0.3) is 5.91 Å². The van der Waals surface area contributed by atoms with E-state index in [1.165, 1.54) is 0 Å². The number of piperidine rings is 1. The van der Waals surface area contributed by atoms with E-state index in [0.717, 1.165) is 12.8 Å². The average molecular weight is 230 g/mol. The fourth-order valence-corrected chi connectivity index (χ4v) is 2.04. The van der Waals surface area contributed by atoms with Crippen LogP contribution in [-0.2, 0) is 0 Å². The van der Waals surface area contributed by atoms with Gasteiger partial charge in [-0.25, -0.2) is 0 Å². The average Bonchev–Trinajstić information content (AvgIpc) is 2.38. The number of likely N-dealkylation sites (tertiary alicyclic amines) is 1. The van der Waals surface area contributed by atoms with Gasteiger partial charge in [0, 0.05) is 18.7 Å². The van der Waals surface area contributed by atoms with E-state index in [4.69, 9.17) is 5.26 Å². The van der Waals surface area contributed by atoms with Gasteiger partial charge in [-0.1, -0.05) is 6.07 Å². The topological polar surface area (TPSA) is 64.3 Å². The zero-order valence-corrected chi connectivity index (χ0v) is 9.47. The van der Waals surface area contributed by atoms with Crippen LogP contribution < -0.4 is 0 Å². The number of nitriles is 1. The molecule has 0 spiro atoms. The molecule has 1 fully saturated rings. The van der Waals surface area contributed by atoms with Gasteiger partial charge in [-0.05, 0) is 31.0 Å². The number of hydrogen-bond acceptors (Lipinski definition) is 3. The van der Waals surface area contributed by atoms with Crippen LogP contribution in [0.5, 0.6) is 0 Å². The molecular formula is C13H14N2O2. The highest BCUT2D eigenvalue weighted by molar-refractivity contribution is 5.94. The van der Waals surface area contributed by atoms with Crippen molar-refractivity contribution in [3.8, 4) is 6.07 Å². The Morgan fingerprint density at radius 3 is 3.06 bits per heavy atom. The quantitative estimate of drug-likeness (QED) is 0.787. The molecule has 1 unspecified atom stereocenters. The van der Waals surface area contributed by atoms with Crippen LogP contribution >= 0.6 is 0 Å². The number of carbonyl (C=O) groups excluding carboxylic acids is 1. The lowest BCUT2D eigenvalue weighted by Crippen LogP contribution is -2.42. The molecule has 1 aliphatic heterocycles. The molecule has 0 radical (unpaired) electrons. The molecule has 1 saturated heterocycles.